The second-order valence-electron chi connectivity index (χ2n) is 3.29. The first-order valence-electron chi connectivity index (χ1n) is 4.92. The molecule has 18 heavy (non-hydrogen) atoms. The summed E-state index contributed by atoms with van der Waals surface area (Å²) in [6.45, 7) is 0. The van der Waals surface area contributed by atoms with Crippen molar-refractivity contribution in [2.75, 3.05) is 12.4 Å². The molecule has 0 unspecified atom stereocenters. The molecule has 0 aliphatic carbocycles. The number of nitrogens with one attached hydrogen (secondary N) is 1. The molecule has 0 amide bonds. The maximum atomic E-state index is 6.00. The zero-order chi connectivity index (χ0) is 13.1. The minimum absolute atomic E-state index is 0.356. The van der Waals surface area contributed by atoms with E-state index in [2.05, 4.69) is 15.3 Å². The Balaban J connectivity index is 2.30. The van der Waals surface area contributed by atoms with E-state index in [1.807, 2.05) is 0 Å². The normalized spacial score (nSPS) is 10.2. The SMILES string of the molecule is CNc1cc(Oc2cc(Cl)c(Cl)cc2Cl)ncn1. The number of aromatic nitrogens is 2. The van der Waals surface area contributed by atoms with Gasteiger partial charge in [-0.05, 0) is 6.07 Å². The molecule has 0 bridgehead atoms. The first-order chi connectivity index (χ1) is 8.60. The second kappa shape index (κ2) is 5.61. The van der Waals surface area contributed by atoms with Crippen LogP contribution in [0.3, 0.4) is 0 Å². The molecule has 94 valence electrons. The van der Waals surface area contributed by atoms with E-state index >= 15 is 0 Å². The Morgan fingerprint density at radius 2 is 1.72 bits per heavy atom. The van der Waals surface area contributed by atoms with E-state index in [0.717, 1.165) is 0 Å². The molecule has 0 saturated heterocycles. The van der Waals surface area contributed by atoms with Crippen LogP contribution in [0, 0.1) is 0 Å². The molecule has 7 heteroatoms. The lowest BCUT2D eigenvalue weighted by atomic mass is 10.3. The van der Waals surface area contributed by atoms with Gasteiger partial charge in [-0.2, -0.15) is 0 Å². The Bertz CT molecular complexity index is 577. The zero-order valence-corrected chi connectivity index (χ0v) is 11.5. The number of rotatable bonds is 3. The smallest absolute Gasteiger partial charge is 0.224 e. The standard InChI is InChI=1S/C11H8Cl3N3O/c1-15-10-4-11(17-5-16-10)18-9-3-7(13)6(12)2-8(9)14/h2-5H,1H3,(H,15,16,17). The van der Waals surface area contributed by atoms with Crippen molar-refractivity contribution in [3.05, 3.63) is 39.6 Å². The van der Waals surface area contributed by atoms with E-state index in [0.29, 0.717) is 32.5 Å². The number of anilines is 1. The van der Waals surface area contributed by atoms with Crippen LogP contribution in [0.2, 0.25) is 15.1 Å². The van der Waals surface area contributed by atoms with Gasteiger partial charge in [-0.1, -0.05) is 34.8 Å². The quantitative estimate of drug-likeness (QED) is 0.860. The molecular formula is C11H8Cl3N3O. The van der Waals surface area contributed by atoms with Gasteiger partial charge in [0.15, 0.2) is 0 Å². The molecule has 2 aromatic rings. The molecule has 0 saturated carbocycles. The van der Waals surface area contributed by atoms with Crippen LogP contribution in [0.5, 0.6) is 11.6 Å². The zero-order valence-electron chi connectivity index (χ0n) is 9.25. The lowest BCUT2D eigenvalue weighted by Crippen LogP contribution is -1.95. The van der Waals surface area contributed by atoms with Gasteiger partial charge in [0.2, 0.25) is 5.88 Å². The molecular weight excluding hydrogens is 296 g/mol. The van der Waals surface area contributed by atoms with Crippen LogP contribution < -0.4 is 10.1 Å². The van der Waals surface area contributed by atoms with Crippen molar-refractivity contribution in [2.24, 2.45) is 0 Å². The summed E-state index contributed by atoms with van der Waals surface area (Å²) >= 11 is 17.7. The van der Waals surface area contributed by atoms with E-state index in [1.54, 1.807) is 13.1 Å². The van der Waals surface area contributed by atoms with Crippen molar-refractivity contribution in [3.8, 4) is 11.6 Å². The molecule has 1 N–H and O–H groups in total. The lowest BCUT2D eigenvalue weighted by Gasteiger charge is -2.08. The maximum Gasteiger partial charge on any atom is 0.224 e. The summed E-state index contributed by atoms with van der Waals surface area (Å²) in [4.78, 5) is 7.94. The molecule has 1 aromatic heterocycles. The van der Waals surface area contributed by atoms with Gasteiger partial charge in [-0.15, -0.1) is 0 Å². The van der Waals surface area contributed by atoms with E-state index < -0.39 is 0 Å². The molecule has 0 atom stereocenters. The highest BCUT2D eigenvalue weighted by Gasteiger charge is 2.09. The fourth-order valence-corrected chi connectivity index (χ4v) is 1.80. The summed E-state index contributed by atoms with van der Waals surface area (Å²) in [5, 5.41) is 3.96. The maximum absolute atomic E-state index is 6.00. The molecule has 4 nitrogen and oxygen atoms in total. The van der Waals surface area contributed by atoms with Gasteiger partial charge >= 0.3 is 0 Å². The summed E-state index contributed by atoms with van der Waals surface area (Å²) in [5.74, 6) is 1.37. The van der Waals surface area contributed by atoms with Crippen molar-refractivity contribution in [2.45, 2.75) is 0 Å². The van der Waals surface area contributed by atoms with Crippen molar-refractivity contribution in [1.29, 1.82) is 0 Å². The largest absolute Gasteiger partial charge is 0.437 e. The number of hydrogen-bond acceptors (Lipinski definition) is 4. The highest BCUT2D eigenvalue weighted by molar-refractivity contribution is 6.43. The number of benzene rings is 1. The Kier molecular flexibility index (Phi) is 4.11. The molecule has 0 aliphatic rings. The number of ether oxygens (including phenoxy) is 1. The van der Waals surface area contributed by atoms with Gasteiger partial charge in [-0.25, -0.2) is 9.97 Å². The number of nitrogens with zero attached hydrogens (tertiary/aromatic N) is 2. The van der Waals surface area contributed by atoms with Gasteiger partial charge in [0.1, 0.15) is 17.9 Å². The lowest BCUT2D eigenvalue weighted by molar-refractivity contribution is 0.462. The Morgan fingerprint density at radius 1 is 1.00 bits per heavy atom. The predicted octanol–water partition coefficient (Wildman–Crippen LogP) is 4.27. The van der Waals surface area contributed by atoms with Crippen molar-refractivity contribution < 1.29 is 4.74 Å². The highest BCUT2D eigenvalue weighted by Crippen LogP contribution is 2.35. The number of hydrogen-bond donors (Lipinski definition) is 1. The van der Waals surface area contributed by atoms with Gasteiger partial charge in [0.05, 0.1) is 15.1 Å². The average Bonchev–Trinajstić information content (AvgIpc) is 2.36. The van der Waals surface area contributed by atoms with Gasteiger partial charge in [0.25, 0.3) is 0 Å². The minimum Gasteiger partial charge on any atom is -0.437 e. The molecule has 1 aromatic carbocycles. The van der Waals surface area contributed by atoms with Crippen LogP contribution in [0.15, 0.2) is 24.5 Å². The van der Waals surface area contributed by atoms with Crippen LogP contribution in [0.25, 0.3) is 0 Å². The Labute approximate surface area is 119 Å². The van der Waals surface area contributed by atoms with E-state index in [9.17, 15) is 0 Å². The number of halogens is 3. The van der Waals surface area contributed by atoms with Crippen LogP contribution in [0.4, 0.5) is 5.82 Å². The molecule has 2 rings (SSSR count). The monoisotopic (exact) mass is 303 g/mol. The minimum atomic E-state index is 0.356. The van der Waals surface area contributed by atoms with Crippen LogP contribution in [-0.2, 0) is 0 Å². The molecule has 0 radical (unpaired) electrons. The average molecular weight is 305 g/mol. The first-order valence-corrected chi connectivity index (χ1v) is 6.05. The Morgan fingerprint density at radius 3 is 2.44 bits per heavy atom. The summed E-state index contributed by atoms with van der Waals surface area (Å²) in [6, 6.07) is 4.69. The van der Waals surface area contributed by atoms with E-state index in [4.69, 9.17) is 39.5 Å². The van der Waals surface area contributed by atoms with E-state index in [-0.39, 0.29) is 0 Å². The molecule has 0 aliphatic heterocycles. The van der Waals surface area contributed by atoms with Gasteiger partial charge in [0, 0.05) is 19.2 Å². The second-order valence-corrected chi connectivity index (χ2v) is 4.51. The van der Waals surface area contributed by atoms with Gasteiger partial charge in [-0.3, -0.25) is 0 Å². The predicted molar refractivity (Wildman–Crippen MR) is 73.1 cm³/mol. The summed E-state index contributed by atoms with van der Waals surface area (Å²) in [7, 11) is 1.75. The van der Waals surface area contributed by atoms with Crippen LogP contribution >= 0.6 is 34.8 Å². The summed E-state index contributed by atoms with van der Waals surface area (Å²) < 4.78 is 5.52. The van der Waals surface area contributed by atoms with Crippen LogP contribution in [0.1, 0.15) is 0 Å². The molecule has 0 spiro atoms. The highest BCUT2D eigenvalue weighted by atomic mass is 35.5. The van der Waals surface area contributed by atoms with Crippen molar-refractivity contribution in [1.82, 2.24) is 9.97 Å². The third kappa shape index (κ3) is 2.96. The topological polar surface area (TPSA) is 47.0 Å². The summed E-state index contributed by atoms with van der Waals surface area (Å²) in [6.07, 6.45) is 1.38. The van der Waals surface area contributed by atoms with Crippen LogP contribution in [-0.4, -0.2) is 17.0 Å². The Hall–Kier alpha value is -1.23. The van der Waals surface area contributed by atoms with E-state index in [1.165, 1.54) is 18.5 Å². The van der Waals surface area contributed by atoms with Crippen molar-refractivity contribution in [3.63, 3.8) is 0 Å². The molecule has 1 heterocycles. The molecule has 0 fully saturated rings. The third-order valence-corrected chi connectivity index (χ3v) is 3.10. The fourth-order valence-electron chi connectivity index (χ4n) is 1.23. The summed E-state index contributed by atoms with van der Waals surface area (Å²) in [5.41, 5.74) is 0. The first kappa shape index (κ1) is 13.2. The third-order valence-electron chi connectivity index (χ3n) is 2.09. The van der Waals surface area contributed by atoms with Crippen molar-refractivity contribution >= 4 is 40.6 Å². The fraction of sp³-hybridized carbons (Fsp3) is 0.0909. The van der Waals surface area contributed by atoms with Gasteiger partial charge < -0.3 is 10.1 Å².